The maximum Gasteiger partial charge on any atom is 0.272 e. The molecule has 76 valence electrons. The van der Waals surface area contributed by atoms with Gasteiger partial charge in [-0.25, -0.2) is 9.37 Å². The third-order valence-corrected chi connectivity index (χ3v) is 1.76. The summed E-state index contributed by atoms with van der Waals surface area (Å²) < 4.78 is 12.5. The van der Waals surface area contributed by atoms with Crippen LogP contribution in [-0.2, 0) is 0 Å². The smallest absolute Gasteiger partial charge is 0.272 e. The molecule has 4 nitrogen and oxygen atoms in total. The molecule has 0 bridgehead atoms. The lowest BCUT2D eigenvalue weighted by molar-refractivity contribution is 0.0793. The second-order valence-corrected chi connectivity index (χ2v) is 2.88. The van der Waals surface area contributed by atoms with Gasteiger partial charge >= 0.3 is 0 Å². The molecule has 0 saturated carbocycles. The maximum atomic E-state index is 12.5. The van der Waals surface area contributed by atoms with Crippen molar-refractivity contribution in [2.45, 2.75) is 0 Å². The lowest BCUT2D eigenvalue weighted by Gasteiger charge is -2.14. The fourth-order valence-electron chi connectivity index (χ4n) is 0.993. The molecular formula is C9H12FN3O. The molecule has 0 atom stereocenters. The van der Waals surface area contributed by atoms with Crippen LogP contribution in [0.25, 0.3) is 0 Å². The molecule has 0 spiro atoms. The topological polar surface area (TPSA) is 59.2 Å². The highest BCUT2D eigenvalue weighted by molar-refractivity contribution is 5.92. The van der Waals surface area contributed by atoms with E-state index in [9.17, 15) is 9.18 Å². The quantitative estimate of drug-likeness (QED) is 0.755. The molecule has 0 radical (unpaired) electrons. The van der Waals surface area contributed by atoms with Gasteiger partial charge in [0.2, 0.25) is 0 Å². The van der Waals surface area contributed by atoms with Crippen molar-refractivity contribution in [3.63, 3.8) is 0 Å². The number of hydrogen-bond donors (Lipinski definition) is 1. The van der Waals surface area contributed by atoms with Crippen LogP contribution in [0.1, 0.15) is 10.5 Å². The van der Waals surface area contributed by atoms with Crippen LogP contribution in [0.2, 0.25) is 0 Å². The van der Waals surface area contributed by atoms with Crippen LogP contribution >= 0.6 is 0 Å². The van der Waals surface area contributed by atoms with Crippen LogP contribution < -0.4 is 5.73 Å². The van der Waals surface area contributed by atoms with Gasteiger partial charge < -0.3 is 10.6 Å². The van der Waals surface area contributed by atoms with Gasteiger partial charge in [-0.1, -0.05) is 0 Å². The van der Waals surface area contributed by atoms with Crippen LogP contribution in [0.3, 0.4) is 0 Å². The van der Waals surface area contributed by atoms with Gasteiger partial charge in [0.05, 0.1) is 6.20 Å². The van der Waals surface area contributed by atoms with Gasteiger partial charge in [0.1, 0.15) is 11.5 Å². The maximum absolute atomic E-state index is 12.5. The van der Waals surface area contributed by atoms with E-state index >= 15 is 0 Å². The van der Waals surface area contributed by atoms with E-state index in [1.165, 1.54) is 17.0 Å². The summed E-state index contributed by atoms with van der Waals surface area (Å²) in [7, 11) is 1.63. The summed E-state index contributed by atoms with van der Waals surface area (Å²) in [4.78, 5) is 16.7. The van der Waals surface area contributed by atoms with E-state index in [-0.39, 0.29) is 11.6 Å². The number of amides is 1. The van der Waals surface area contributed by atoms with Gasteiger partial charge in [-0.15, -0.1) is 0 Å². The summed E-state index contributed by atoms with van der Waals surface area (Å²) in [5.74, 6) is -0.710. The van der Waals surface area contributed by atoms with Crippen molar-refractivity contribution in [3.05, 3.63) is 29.8 Å². The molecule has 0 unspecified atom stereocenters. The zero-order valence-corrected chi connectivity index (χ0v) is 7.90. The Balaban J connectivity index is 2.74. The minimum atomic E-state index is -0.456. The first-order chi connectivity index (χ1) is 6.65. The number of nitrogens with zero attached hydrogens (tertiary/aromatic N) is 2. The van der Waals surface area contributed by atoms with Crippen molar-refractivity contribution in [3.8, 4) is 0 Å². The normalized spacial score (nSPS) is 9.93. The summed E-state index contributed by atoms with van der Waals surface area (Å²) in [6.07, 6.45) is 1.02. The first-order valence-electron chi connectivity index (χ1n) is 4.22. The number of rotatable bonds is 3. The molecule has 0 aliphatic rings. The number of nitrogens with two attached hydrogens (primary N) is 1. The minimum Gasteiger partial charge on any atom is -0.339 e. The number of aromatic nitrogens is 1. The molecule has 1 heterocycles. The number of carbonyl (C=O) groups is 1. The third kappa shape index (κ3) is 2.50. The van der Waals surface area contributed by atoms with E-state index in [0.29, 0.717) is 13.1 Å². The number of likely N-dealkylation sites (N-methyl/N-ethyl adjacent to an activating group) is 1. The molecule has 0 aliphatic heterocycles. The van der Waals surface area contributed by atoms with Gasteiger partial charge in [-0.05, 0) is 12.1 Å². The second kappa shape index (κ2) is 4.66. The number of pyridine rings is 1. The lowest BCUT2D eigenvalue weighted by atomic mass is 10.3. The van der Waals surface area contributed by atoms with E-state index in [1.54, 1.807) is 7.05 Å². The van der Waals surface area contributed by atoms with Crippen molar-refractivity contribution >= 4 is 5.91 Å². The Kier molecular flexibility index (Phi) is 3.53. The summed E-state index contributed by atoms with van der Waals surface area (Å²) in [5, 5.41) is 0. The molecule has 5 heteroatoms. The van der Waals surface area contributed by atoms with Crippen molar-refractivity contribution in [2.75, 3.05) is 20.1 Å². The molecule has 0 aromatic carbocycles. The Morgan fingerprint density at radius 1 is 1.64 bits per heavy atom. The van der Waals surface area contributed by atoms with Gasteiger partial charge in [0.15, 0.2) is 0 Å². The molecule has 1 rings (SSSR count). The number of carbonyl (C=O) groups excluding carboxylic acids is 1. The predicted octanol–water partition coefficient (Wildman–Crippen LogP) is 0.251. The second-order valence-electron chi connectivity index (χ2n) is 2.88. The van der Waals surface area contributed by atoms with Crippen LogP contribution in [0.4, 0.5) is 4.39 Å². The Bertz CT molecular complexity index is 312. The molecule has 0 aliphatic carbocycles. The van der Waals surface area contributed by atoms with Crippen LogP contribution in [0.5, 0.6) is 0 Å². The molecule has 1 aromatic rings. The molecule has 0 fully saturated rings. The summed E-state index contributed by atoms with van der Waals surface area (Å²) in [6, 6.07) is 2.56. The first kappa shape index (κ1) is 10.6. The standard InChI is InChI=1S/C9H12FN3O/c1-13(5-4-11)9(14)8-3-2-7(10)6-12-8/h2-3,6H,4-5,11H2,1H3. The van der Waals surface area contributed by atoms with Crippen LogP contribution in [0, 0.1) is 5.82 Å². The molecule has 1 amide bonds. The lowest BCUT2D eigenvalue weighted by Crippen LogP contribution is -2.32. The van der Waals surface area contributed by atoms with Crippen LogP contribution in [-0.4, -0.2) is 35.9 Å². The Morgan fingerprint density at radius 2 is 2.36 bits per heavy atom. The molecule has 2 N–H and O–H groups in total. The molecule has 1 aromatic heterocycles. The summed E-state index contributed by atoms with van der Waals surface area (Å²) in [5.41, 5.74) is 5.52. The Hall–Kier alpha value is -1.49. The minimum absolute atomic E-state index is 0.224. The number of hydrogen-bond acceptors (Lipinski definition) is 3. The monoisotopic (exact) mass is 197 g/mol. The van der Waals surface area contributed by atoms with Gasteiger partial charge in [-0.3, -0.25) is 4.79 Å². The fraction of sp³-hybridized carbons (Fsp3) is 0.333. The fourth-order valence-corrected chi connectivity index (χ4v) is 0.993. The zero-order valence-electron chi connectivity index (χ0n) is 7.90. The first-order valence-corrected chi connectivity index (χ1v) is 4.22. The van der Waals surface area contributed by atoms with Gasteiger partial charge in [0.25, 0.3) is 5.91 Å². The van der Waals surface area contributed by atoms with E-state index in [0.717, 1.165) is 6.20 Å². The van der Waals surface area contributed by atoms with E-state index in [2.05, 4.69) is 4.98 Å². The van der Waals surface area contributed by atoms with Crippen molar-refractivity contribution in [1.82, 2.24) is 9.88 Å². The Morgan fingerprint density at radius 3 is 2.86 bits per heavy atom. The largest absolute Gasteiger partial charge is 0.339 e. The highest BCUT2D eigenvalue weighted by Crippen LogP contribution is 2.01. The highest BCUT2D eigenvalue weighted by atomic mass is 19.1. The number of halogens is 1. The van der Waals surface area contributed by atoms with Crippen molar-refractivity contribution in [2.24, 2.45) is 5.73 Å². The van der Waals surface area contributed by atoms with E-state index in [4.69, 9.17) is 5.73 Å². The SMILES string of the molecule is CN(CCN)C(=O)c1ccc(F)cn1. The van der Waals surface area contributed by atoms with Crippen molar-refractivity contribution in [1.29, 1.82) is 0 Å². The molecule has 14 heavy (non-hydrogen) atoms. The molecular weight excluding hydrogens is 185 g/mol. The van der Waals surface area contributed by atoms with E-state index < -0.39 is 5.82 Å². The summed E-state index contributed by atoms with van der Waals surface area (Å²) >= 11 is 0. The molecule has 0 saturated heterocycles. The summed E-state index contributed by atoms with van der Waals surface area (Å²) in [6.45, 7) is 0.849. The van der Waals surface area contributed by atoms with E-state index in [1.807, 2.05) is 0 Å². The zero-order chi connectivity index (χ0) is 10.6. The van der Waals surface area contributed by atoms with Gasteiger partial charge in [0, 0.05) is 20.1 Å². The highest BCUT2D eigenvalue weighted by Gasteiger charge is 2.11. The average molecular weight is 197 g/mol. The van der Waals surface area contributed by atoms with Crippen molar-refractivity contribution < 1.29 is 9.18 Å². The third-order valence-electron chi connectivity index (χ3n) is 1.76. The van der Waals surface area contributed by atoms with Crippen LogP contribution in [0.15, 0.2) is 18.3 Å². The predicted molar refractivity (Wildman–Crippen MR) is 50.2 cm³/mol. The average Bonchev–Trinajstić information content (AvgIpc) is 2.18. The van der Waals surface area contributed by atoms with Gasteiger partial charge in [-0.2, -0.15) is 0 Å². The Labute approximate surface area is 81.5 Å².